The van der Waals surface area contributed by atoms with Crippen molar-refractivity contribution in [2.24, 2.45) is 5.10 Å². The van der Waals surface area contributed by atoms with Gasteiger partial charge >= 0.3 is 5.97 Å². The lowest BCUT2D eigenvalue weighted by Crippen LogP contribution is -2.18. The number of rotatable bonds is 8. The molecule has 4 rings (SSSR count). The minimum Gasteiger partial charge on any atom is -0.497 e. The van der Waals surface area contributed by atoms with Gasteiger partial charge in [0.15, 0.2) is 5.76 Å². The van der Waals surface area contributed by atoms with Crippen LogP contribution in [0.4, 0.5) is 5.69 Å². The van der Waals surface area contributed by atoms with Gasteiger partial charge in [-0.3, -0.25) is 9.59 Å². The van der Waals surface area contributed by atoms with Crippen LogP contribution >= 0.6 is 15.9 Å². The Labute approximate surface area is 220 Å². The van der Waals surface area contributed by atoms with Crippen LogP contribution in [0.15, 0.2) is 99.1 Å². The number of hydrogen-bond acceptors (Lipinski definition) is 7. The van der Waals surface area contributed by atoms with E-state index in [1.807, 2.05) is 0 Å². The lowest BCUT2D eigenvalue weighted by molar-refractivity contribution is 0.0733. The molecular weight excluding hydrogens is 542 g/mol. The van der Waals surface area contributed by atoms with E-state index in [1.54, 1.807) is 66.7 Å². The molecule has 2 N–H and O–H groups in total. The molecule has 2 amide bonds. The van der Waals surface area contributed by atoms with E-state index < -0.39 is 17.8 Å². The third-order valence-electron chi connectivity index (χ3n) is 5.00. The fourth-order valence-corrected chi connectivity index (χ4v) is 3.54. The minimum atomic E-state index is -0.558. The molecule has 9 nitrogen and oxygen atoms in total. The van der Waals surface area contributed by atoms with Crippen LogP contribution in [0.25, 0.3) is 0 Å². The van der Waals surface area contributed by atoms with Crippen molar-refractivity contribution in [2.45, 2.75) is 0 Å². The van der Waals surface area contributed by atoms with Gasteiger partial charge in [-0.1, -0.05) is 22.0 Å². The first-order valence-electron chi connectivity index (χ1n) is 10.9. The van der Waals surface area contributed by atoms with E-state index in [2.05, 4.69) is 31.8 Å². The zero-order valence-electron chi connectivity index (χ0n) is 19.4. The monoisotopic (exact) mass is 561 g/mol. The SMILES string of the molecule is COc1ccc(C(=O)Oc2ccc(Br)cc2C=NNC(=O)c2cccc(NC(=O)c3ccco3)c2)cc1. The number of hydrazone groups is 1. The molecule has 0 unspecified atom stereocenters. The van der Waals surface area contributed by atoms with Gasteiger partial charge in [0, 0.05) is 21.3 Å². The van der Waals surface area contributed by atoms with E-state index in [9.17, 15) is 14.4 Å². The van der Waals surface area contributed by atoms with Crippen LogP contribution in [0.2, 0.25) is 0 Å². The molecule has 1 heterocycles. The summed E-state index contributed by atoms with van der Waals surface area (Å²) in [5.74, 6) is -0.475. The second kappa shape index (κ2) is 11.8. The summed E-state index contributed by atoms with van der Waals surface area (Å²) < 4.78 is 16.4. The Morgan fingerprint density at radius 2 is 1.73 bits per heavy atom. The van der Waals surface area contributed by atoms with Crippen molar-refractivity contribution in [3.05, 3.63) is 112 Å². The van der Waals surface area contributed by atoms with E-state index in [1.165, 1.54) is 31.7 Å². The van der Waals surface area contributed by atoms with Crippen LogP contribution in [0.5, 0.6) is 11.5 Å². The maximum Gasteiger partial charge on any atom is 0.343 e. The van der Waals surface area contributed by atoms with Gasteiger partial charge in [-0.05, 0) is 72.8 Å². The highest BCUT2D eigenvalue weighted by molar-refractivity contribution is 9.10. The van der Waals surface area contributed by atoms with Crippen molar-refractivity contribution >= 4 is 45.6 Å². The summed E-state index contributed by atoms with van der Waals surface area (Å²) in [6, 6.07) is 21.0. The molecular formula is C27H20BrN3O6. The van der Waals surface area contributed by atoms with Gasteiger partial charge in [-0.2, -0.15) is 5.10 Å². The number of halogens is 1. The highest BCUT2D eigenvalue weighted by atomic mass is 79.9. The molecule has 0 aliphatic heterocycles. The molecule has 10 heteroatoms. The van der Waals surface area contributed by atoms with Gasteiger partial charge in [-0.15, -0.1) is 0 Å². The minimum absolute atomic E-state index is 0.150. The number of nitrogens with zero attached hydrogens (tertiary/aromatic N) is 1. The number of anilines is 1. The third kappa shape index (κ3) is 6.71. The molecule has 3 aromatic carbocycles. The largest absolute Gasteiger partial charge is 0.497 e. The summed E-state index contributed by atoms with van der Waals surface area (Å²) in [6.07, 6.45) is 2.76. The summed E-state index contributed by atoms with van der Waals surface area (Å²) in [5, 5.41) is 6.66. The molecule has 1 aromatic heterocycles. The smallest absolute Gasteiger partial charge is 0.343 e. The predicted octanol–water partition coefficient (Wildman–Crippen LogP) is 5.29. The molecule has 0 bridgehead atoms. The zero-order valence-corrected chi connectivity index (χ0v) is 21.0. The molecule has 0 saturated heterocycles. The Morgan fingerprint density at radius 1 is 0.919 bits per heavy atom. The Balaban J connectivity index is 1.42. The van der Waals surface area contributed by atoms with Gasteiger partial charge < -0.3 is 19.2 Å². The number of methoxy groups -OCH3 is 1. The van der Waals surface area contributed by atoms with Crippen LogP contribution in [-0.2, 0) is 0 Å². The summed E-state index contributed by atoms with van der Waals surface area (Å²) in [7, 11) is 1.54. The van der Waals surface area contributed by atoms with Gasteiger partial charge in [0.2, 0.25) is 0 Å². The highest BCUT2D eigenvalue weighted by Gasteiger charge is 2.13. The number of hydrogen-bond donors (Lipinski definition) is 2. The normalized spacial score (nSPS) is 10.6. The molecule has 37 heavy (non-hydrogen) atoms. The summed E-state index contributed by atoms with van der Waals surface area (Å²) in [4.78, 5) is 37.4. The van der Waals surface area contributed by atoms with E-state index in [0.29, 0.717) is 22.6 Å². The Morgan fingerprint density at radius 3 is 2.46 bits per heavy atom. The topological polar surface area (TPSA) is 119 Å². The lowest BCUT2D eigenvalue weighted by Gasteiger charge is -2.09. The number of benzene rings is 3. The van der Waals surface area contributed by atoms with E-state index in [-0.39, 0.29) is 17.1 Å². The van der Waals surface area contributed by atoms with Gasteiger partial charge in [0.1, 0.15) is 11.5 Å². The number of amides is 2. The number of carbonyl (C=O) groups excluding carboxylic acids is 3. The van der Waals surface area contributed by atoms with Gasteiger partial charge in [-0.25, -0.2) is 10.2 Å². The number of ether oxygens (including phenoxy) is 2. The number of furan rings is 1. The standard InChI is InChI=1S/C27H20BrN3O6/c1-35-22-10-7-17(8-11-22)27(34)37-23-12-9-20(28)14-19(23)16-29-31-25(32)18-4-2-5-21(15-18)30-26(33)24-6-3-13-36-24/h2-16H,1H3,(H,30,33)(H,31,32). The molecule has 0 fully saturated rings. The van der Waals surface area contributed by atoms with E-state index in [4.69, 9.17) is 13.9 Å². The first-order valence-corrected chi connectivity index (χ1v) is 11.7. The lowest BCUT2D eigenvalue weighted by atomic mass is 10.2. The van der Waals surface area contributed by atoms with Gasteiger partial charge in [0.25, 0.3) is 11.8 Å². The second-order valence-corrected chi connectivity index (χ2v) is 8.43. The quantitative estimate of drug-likeness (QED) is 0.131. The van der Waals surface area contributed by atoms with Crippen LogP contribution in [0, 0.1) is 0 Å². The van der Waals surface area contributed by atoms with Gasteiger partial charge in [0.05, 0.1) is 25.2 Å². The van der Waals surface area contributed by atoms with Crippen molar-refractivity contribution in [3.63, 3.8) is 0 Å². The predicted molar refractivity (Wildman–Crippen MR) is 140 cm³/mol. The highest BCUT2D eigenvalue weighted by Crippen LogP contribution is 2.23. The summed E-state index contributed by atoms with van der Waals surface area (Å²) in [5.41, 5.74) is 3.92. The molecule has 0 atom stereocenters. The molecule has 0 aliphatic carbocycles. The number of carbonyl (C=O) groups is 3. The fourth-order valence-electron chi connectivity index (χ4n) is 3.16. The first-order chi connectivity index (χ1) is 17.9. The van der Waals surface area contributed by atoms with Crippen molar-refractivity contribution < 1.29 is 28.3 Å². The van der Waals surface area contributed by atoms with Crippen molar-refractivity contribution in [2.75, 3.05) is 12.4 Å². The second-order valence-electron chi connectivity index (χ2n) is 7.51. The molecule has 186 valence electrons. The van der Waals surface area contributed by atoms with Crippen LogP contribution < -0.4 is 20.2 Å². The zero-order chi connectivity index (χ0) is 26.2. The van der Waals surface area contributed by atoms with E-state index in [0.717, 1.165) is 4.47 Å². The molecule has 0 radical (unpaired) electrons. The first kappa shape index (κ1) is 25.4. The molecule has 0 aliphatic rings. The van der Waals surface area contributed by atoms with Crippen LogP contribution in [-0.4, -0.2) is 31.1 Å². The van der Waals surface area contributed by atoms with Crippen molar-refractivity contribution in [1.29, 1.82) is 0 Å². The molecule has 0 spiro atoms. The van der Waals surface area contributed by atoms with Crippen molar-refractivity contribution in [1.82, 2.24) is 5.43 Å². The summed E-state index contributed by atoms with van der Waals surface area (Å²) in [6.45, 7) is 0. The van der Waals surface area contributed by atoms with Crippen molar-refractivity contribution in [3.8, 4) is 11.5 Å². The molecule has 0 saturated carbocycles. The number of nitrogens with one attached hydrogen (secondary N) is 2. The fraction of sp³-hybridized carbons (Fsp3) is 0.0370. The molecule has 4 aromatic rings. The Bertz CT molecular complexity index is 1450. The average Bonchev–Trinajstić information content (AvgIpc) is 3.46. The Kier molecular flexibility index (Phi) is 8.11. The summed E-state index contributed by atoms with van der Waals surface area (Å²) >= 11 is 3.38. The van der Waals surface area contributed by atoms with E-state index >= 15 is 0 Å². The maximum absolute atomic E-state index is 12.6. The number of esters is 1. The van der Waals surface area contributed by atoms with Crippen LogP contribution in [0.3, 0.4) is 0 Å². The maximum atomic E-state index is 12.6. The third-order valence-corrected chi connectivity index (χ3v) is 5.49. The van der Waals surface area contributed by atoms with Crippen LogP contribution in [0.1, 0.15) is 36.8 Å². The Hall–Kier alpha value is -4.70. The average molecular weight is 562 g/mol.